The summed E-state index contributed by atoms with van der Waals surface area (Å²) in [6.45, 7) is 0. The third kappa shape index (κ3) is 2.61. The molecule has 3 aromatic heterocycles. The molecule has 0 fully saturated rings. The van der Waals surface area contributed by atoms with Gasteiger partial charge in [0.05, 0.1) is 11.4 Å². The zero-order chi connectivity index (χ0) is 13.1. The normalized spacial score (nSPS) is 10.4. The van der Waals surface area contributed by atoms with E-state index >= 15 is 0 Å². The Hall–Kier alpha value is -2.26. The maximum absolute atomic E-state index is 6.17. The second kappa shape index (κ2) is 5.16. The van der Waals surface area contributed by atoms with E-state index in [0.717, 1.165) is 22.5 Å². The van der Waals surface area contributed by atoms with Gasteiger partial charge in [0.2, 0.25) is 0 Å². The number of hydrogen-bond acceptors (Lipinski definition) is 3. The minimum absolute atomic E-state index is 0.646. The minimum atomic E-state index is 0.646. The van der Waals surface area contributed by atoms with E-state index < -0.39 is 0 Å². The maximum atomic E-state index is 6.17. The summed E-state index contributed by atoms with van der Waals surface area (Å²) >= 11 is 6.17. The van der Waals surface area contributed by atoms with Crippen molar-refractivity contribution in [2.75, 3.05) is 0 Å². The Kier molecular flexibility index (Phi) is 3.21. The standard InChI is InChI=1S/C15H10ClN3/c16-13-7-14(11-3-1-5-17-9-11)19-15(8-13)12-4-2-6-18-10-12/h1-10H. The first-order valence-corrected chi connectivity index (χ1v) is 6.19. The quantitative estimate of drug-likeness (QED) is 0.708. The summed E-state index contributed by atoms with van der Waals surface area (Å²) in [5.74, 6) is 0. The van der Waals surface area contributed by atoms with Crippen LogP contribution in [-0.2, 0) is 0 Å². The predicted octanol–water partition coefficient (Wildman–Crippen LogP) is 3.86. The van der Waals surface area contributed by atoms with E-state index in [9.17, 15) is 0 Å². The topological polar surface area (TPSA) is 38.7 Å². The minimum Gasteiger partial charge on any atom is -0.264 e. The van der Waals surface area contributed by atoms with Crippen molar-refractivity contribution >= 4 is 11.6 Å². The average Bonchev–Trinajstić information content (AvgIpc) is 2.48. The van der Waals surface area contributed by atoms with Gasteiger partial charge in [0.25, 0.3) is 0 Å². The zero-order valence-corrected chi connectivity index (χ0v) is 10.7. The van der Waals surface area contributed by atoms with Crippen LogP contribution in [0, 0.1) is 0 Å². The summed E-state index contributed by atoms with van der Waals surface area (Å²) in [4.78, 5) is 12.8. The smallest absolute Gasteiger partial charge is 0.0739 e. The molecule has 92 valence electrons. The van der Waals surface area contributed by atoms with E-state index in [1.54, 1.807) is 24.8 Å². The van der Waals surface area contributed by atoms with Crippen molar-refractivity contribution in [2.45, 2.75) is 0 Å². The molecule has 0 aliphatic carbocycles. The largest absolute Gasteiger partial charge is 0.264 e. The Morgan fingerprint density at radius 3 is 1.74 bits per heavy atom. The molecule has 0 aromatic carbocycles. The van der Waals surface area contributed by atoms with Gasteiger partial charge in [0.15, 0.2) is 0 Å². The average molecular weight is 268 g/mol. The van der Waals surface area contributed by atoms with Gasteiger partial charge >= 0.3 is 0 Å². The van der Waals surface area contributed by atoms with Gasteiger partial charge in [-0.3, -0.25) is 9.97 Å². The van der Waals surface area contributed by atoms with E-state index in [1.165, 1.54) is 0 Å². The van der Waals surface area contributed by atoms with Crippen LogP contribution in [0.5, 0.6) is 0 Å². The third-order valence-corrected chi connectivity index (χ3v) is 2.92. The molecule has 0 amide bonds. The SMILES string of the molecule is Clc1cc(-c2cccnc2)nc(-c2cccnc2)c1. The highest BCUT2D eigenvalue weighted by Gasteiger charge is 2.06. The lowest BCUT2D eigenvalue weighted by atomic mass is 10.1. The van der Waals surface area contributed by atoms with Crippen LogP contribution in [0.2, 0.25) is 5.02 Å². The Labute approximate surface area is 116 Å². The van der Waals surface area contributed by atoms with Crippen molar-refractivity contribution in [3.8, 4) is 22.5 Å². The first-order valence-electron chi connectivity index (χ1n) is 5.81. The number of hydrogen-bond donors (Lipinski definition) is 0. The molecule has 0 saturated carbocycles. The number of pyridine rings is 3. The molecule has 0 spiro atoms. The van der Waals surface area contributed by atoms with Gasteiger partial charge < -0.3 is 0 Å². The summed E-state index contributed by atoms with van der Waals surface area (Å²) in [5, 5.41) is 0.646. The highest BCUT2D eigenvalue weighted by Crippen LogP contribution is 2.25. The van der Waals surface area contributed by atoms with E-state index in [2.05, 4.69) is 15.0 Å². The lowest BCUT2D eigenvalue weighted by Crippen LogP contribution is -1.89. The van der Waals surface area contributed by atoms with Gasteiger partial charge in [0, 0.05) is 40.9 Å². The summed E-state index contributed by atoms with van der Waals surface area (Å²) in [5.41, 5.74) is 3.49. The molecule has 4 heteroatoms. The molecule has 19 heavy (non-hydrogen) atoms. The molecule has 0 bridgehead atoms. The Balaban J connectivity index is 2.12. The maximum Gasteiger partial charge on any atom is 0.0739 e. The van der Waals surface area contributed by atoms with Crippen LogP contribution in [0.1, 0.15) is 0 Å². The van der Waals surface area contributed by atoms with Gasteiger partial charge in [0.1, 0.15) is 0 Å². The van der Waals surface area contributed by atoms with E-state index in [-0.39, 0.29) is 0 Å². The van der Waals surface area contributed by atoms with Gasteiger partial charge in [-0.25, -0.2) is 4.98 Å². The molecular weight excluding hydrogens is 258 g/mol. The van der Waals surface area contributed by atoms with Gasteiger partial charge in [-0.05, 0) is 36.4 Å². The Morgan fingerprint density at radius 1 is 0.789 bits per heavy atom. The van der Waals surface area contributed by atoms with Crippen LogP contribution in [0.3, 0.4) is 0 Å². The zero-order valence-electron chi connectivity index (χ0n) is 9.99. The van der Waals surface area contributed by atoms with Gasteiger partial charge in [-0.1, -0.05) is 11.6 Å². The number of nitrogens with zero attached hydrogens (tertiary/aromatic N) is 3. The van der Waals surface area contributed by atoms with Crippen molar-refractivity contribution in [3.05, 3.63) is 66.2 Å². The van der Waals surface area contributed by atoms with Crippen molar-refractivity contribution < 1.29 is 0 Å². The fraction of sp³-hybridized carbons (Fsp3) is 0. The van der Waals surface area contributed by atoms with Gasteiger partial charge in [-0.15, -0.1) is 0 Å². The molecule has 0 aliphatic heterocycles. The summed E-state index contributed by atoms with van der Waals surface area (Å²) in [6.07, 6.45) is 7.00. The summed E-state index contributed by atoms with van der Waals surface area (Å²) in [7, 11) is 0. The lowest BCUT2D eigenvalue weighted by molar-refractivity contribution is 1.26. The monoisotopic (exact) mass is 267 g/mol. The first kappa shape index (κ1) is 11.8. The third-order valence-electron chi connectivity index (χ3n) is 2.70. The van der Waals surface area contributed by atoms with E-state index in [4.69, 9.17) is 11.6 Å². The summed E-state index contributed by atoms with van der Waals surface area (Å²) < 4.78 is 0. The van der Waals surface area contributed by atoms with E-state index in [0.29, 0.717) is 5.02 Å². The van der Waals surface area contributed by atoms with E-state index in [1.807, 2.05) is 36.4 Å². The van der Waals surface area contributed by atoms with Gasteiger partial charge in [-0.2, -0.15) is 0 Å². The molecule has 3 rings (SSSR count). The molecule has 3 heterocycles. The van der Waals surface area contributed by atoms with Crippen molar-refractivity contribution in [1.29, 1.82) is 0 Å². The van der Waals surface area contributed by atoms with Crippen LogP contribution < -0.4 is 0 Å². The number of aromatic nitrogens is 3. The Morgan fingerprint density at radius 2 is 1.32 bits per heavy atom. The van der Waals surface area contributed by atoms with Crippen molar-refractivity contribution in [3.63, 3.8) is 0 Å². The van der Waals surface area contributed by atoms with Crippen molar-refractivity contribution in [2.24, 2.45) is 0 Å². The molecule has 0 aliphatic rings. The molecule has 0 saturated heterocycles. The van der Waals surface area contributed by atoms with Crippen LogP contribution in [0.25, 0.3) is 22.5 Å². The lowest BCUT2D eigenvalue weighted by Gasteiger charge is -2.05. The number of rotatable bonds is 2. The fourth-order valence-corrected chi connectivity index (χ4v) is 2.03. The predicted molar refractivity (Wildman–Crippen MR) is 75.7 cm³/mol. The molecule has 0 N–H and O–H groups in total. The van der Waals surface area contributed by atoms with Crippen LogP contribution in [-0.4, -0.2) is 15.0 Å². The molecular formula is C15H10ClN3. The van der Waals surface area contributed by atoms with Crippen molar-refractivity contribution in [1.82, 2.24) is 15.0 Å². The van der Waals surface area contributed by atoms with Crippen LogP contribution in [0.15, 0.2) is 61.2 Å². The highest BCUT2D eigenvalue weighted by molar-refractivity contribution is 6.31. The van der Waals surface area contributed by atoms with Crippen LogP contribution >= 0.6 is 11.6 Å². The number of halogens is 1. The second-order valence-electron chi connectivity index (χ2n) is 4.04. The molecule has 3 aromatic rings. The second-order valence-corrected chi connectivity index (χ2v) is 4.48. The molecule has 0 radical (unpaired) electrons. The molecule has 0 atom stereocenters. The highest BCUT2D eigenvalue weighted by atomic mass is 35.5. The van der Waals surface area contributed by atoms with Crippen LogP contribution in [0.4, 0.5) is 0 Å². The summed E-state index contributed by atoms with van der Waals surface area (Å²) in [6, 6.07) is 11.3. The molecule has 0 unspecified atom stereocenters. The molecule has 3 nitrogen and oxygen atoms in total. The first-order chi connectivity index (χ1) is 9.33. The fourth-order valence-electron chi connectivity index (χ4n) is 1.82. The Bertz CT molecular complexity index is 627.